The zero-order valence-electron chi connectivity index (χ0n) is 11.0. The fourth-order valence-electron chi connectivity index (χ4n) is 2.23. The second kappa shape index (κ2) is 5.68. The minimum absolute atomic E-state index is 0.233. The number of halogens is 1. The molecule has 0 unspecified atom stereocenters. The Hall–Kier alpha value is -2.16. The summed E-state index contributed by atoms with van der Waals surface area (Å²) in [6.45, 7) is 1.14. The summed E-state index contributed by atoms with van der Waals surface area (Å²) in [7, 11) is 0. The van der Waals surface area contributed by atoms with Crippen LogP contribution in [0.5, 0.6) is 0 Å². The van der Waals surface area contributed by atoms with E-state index in [2.05, 4.69) is 27.3 Å². The van der Waals surface area contributed by atoms with Crippen LogP contribution in [-0.4, -0.2) is 5.91 Å². The van der Waals surface area contributed by atoms with E-state index in [9.17, 15) is 4.79 Å². The smallest absolute Gasteiger partial charge is 0.255 e. The van der Waals surface area contributed by atoms with Gasteiger partial charge in [-0.3, -0.25) is 4.79 Å². The van der Waals surface area contributed by atoms with Crippen LogP contribution in [-0.2, 0) is 18.0 Å². The molecular weight excluding hydrogens is 332 g/mol. The van der Waals surface area contributed by atoms with Gasteiger partial charge in [-0.15, -0.1) is 0 Å². The van der Waals surface area contributed by atoms with E-state index in [0.29, 0.717) is 30.0 Å². The molecule has 2 aromatic rings. The Morgan fingerprint density at radius 2 is 2.00 bits per heavy atom. The van der Waals surface area contributed by atoms with Crippen LogP contribution in [0.25, 0.3) is 0 Å². The van der Waals surface area contributed by atoms with Crippen molar-refractivity contribution < 1.29 is 9.53 Å². The first kappa shape index (κ1) is 13.8. The molecule has 1 heterocycles. The summed E-state index contributed by atoms with van der Waals surface area (Å²) in [4.78, 5) is 12.3. The molecule has 0 saturated heterocycles. The van der Waals surface area contributed by atoms with E-state index in [-0.39, 0.29) is 5.91 Å². The third-order valence-electron chi connectivity index (χ3n) is 3.33. The van der Waals surface area contributed by atoms with Gasteiger partial charge in [0.1, 0.15) is 6.07 Å². The molecule has 0 bridgehead atoms. The molecule has 0 saturated carbocycles. The Morgan fingerprint density at radius 1 is 1.19 bits per heavy atom. The average molecular weight is 343 g/mol. The molecule has 1 amide bonds. The average Bonchev–Trinajstić information content (AvgIpc) is 2.96. The quantitative estimate of drug-likeness (QED) is 0.906. The van der Waals surface area contributed by atoms with E-state index >= 15 is 0 Å². The number of fused-ring (bicyclic) bond motifs is 1. The summed E-state index contributed by atoms with van der Waals surface area (Å²) < 4.78 is 6.14. The van der Waals surface area contributed by atoms with Gasteiger partial charge in [0.15, 0.2) is 0 Å². The minimum atomic E-state index is -0.233. The van der Waals surface area contributed by atoms with E-state index in [0.717, 1.165) is 15.6 Å². The second-order valence-corrected chi connectivity index (χ2v) is 5.65. The van der Waals surface area contributed by atoms with E-state index in [1.54, 1.807) is 24.3 Å². The molecule has 0 spiro atoms. The van der Waals surface area contributed by atoms with Crippen LogP contribution >= 0.6 is 15.9 Å². The van der Waals surface area contributed by atoms with Crippen LogP contribution in [0.15, 0.2) is 40.9 Å². The van der Waals surface area contributed by atoms with Crippen molar-refractivity contribution in [3.63, 3.8) is 0 Å². The van der Waals surface area contributed by atoms with Crippen molar-refractivity contribution in [2.24, 2.45) is 0 Å². The molecule has 4 nitrogen and oxygen atoms in total. The maximum absolute atomic E-state index is 12.3. The van der Waals surface area contributed by atoms with Gasteiger partial charge in [-0.25, -0.2) is 0 Å². The molecule has 1 N–H and O–H groups in total. The van der Waals surface area contributed by atoms with Gasteiger partial charge in [-0.2, -0.15) is 5.26 Å². The normalized spacial score (nSPS) is 12.6. The predicted molar refractivity (Wildman–Crippen MR) is 81.7 cm³/mol. The van der Waals surface area contributed by atoms with Gasteiger partial charge in [-0.05, 0) is 41.5 Å². The lowest BCUT2D eigenvalue weighted by Gasteiger charge is -2.08. The number of rotatable bonds is 2. The Labute approximate surface area is 130 Å². The number of carbonyl (C=O) groups is 1. The number of amides is 1. The standard InChI is InChI=1S/C16H11BrN2O2/c17-14-3-4-15(12(6-14)7-18)19-16(20)10-1-2-11-8-21-9-13(11)5-10/h1-6H,8-9H2,(H,19,20). The molecular formula is C16H11BrN2O2. The molecule has 0 radical (unpaired) electrons. The van der Waals surface area contributed by atoms with Gasteiger partial charge in [0.25, 0.3) is 5.91 Å². The van der Waals surface area contributed by atoms with Crippen LogP contribution in [0.1, 0.15) is 27.0 Å². The Kier molecular flexibility index (Phi) is 3.74. The topological polar surface area (TPSA) is 62.1 Å². The Balaban J connectivity index is 1.85. The third kappa shape index (κ3) is 2.82. The van der Waals surface area contributed by atoms with E-state index < -0.39 is 0 Å². The Bertz CT molecular complexity index is 765. The fraction of sp³-hybridized carbons (Fsp3) is 0.125. The lowest BCUT2D eigenvalue weighted by atomic mass is 10.1. The van der Waals surface area contributed by atoms with Gasteiger partial charge in [0, 0.05) is 10.0 Å². The highest BCUT2D eigenvalue weighted by Crippen LogP contribution is 2.23. The van der Waals surface area contributed by atoms with Crippen LogP contribution in [0.2, 0.25) is 0 Å². The van der Waals surface area contributed by atoms with Crippen LogP contribution in [0, 0.1) is 11.3 Å². The zero-order valence-corrected chi connectivity index (χ0v) is 12.6. The Morgan fingerprint density at radius 3 is 2.81 bits per heavy atom. The van der Waals surface area contributed by atoms with E-state index in [4.69, 9.17) is 10.00 Å². The highest BCUT2D eigenvalue weighted by atomic mass is 79.9. The van der Waals surface area contributed by atoms with Crippen molar-refractivity contribution in [3.8, 4) is 6.07 Å². The van der Waals surface area contributed by atoms with Crippen molar-refractivity contribution in [2.45, 2.75) is 13.2 Å². The fourth-order valence-corrected chi connectivity index (χ4v) is 2.59. The summed E-state index contributed by atoms with van der Waals surface area (Å²) in [6.07, 6.45) is 0. The molecule has 1 aliphatic heterocycles. The van der Waals surface area contributed by atoms with Gasteiger partial charge >= 0.3 is 0 Å². The number of nitriles is 1. The number of ether oxygens (including phenoxy) is 1. The molecule has 104 valence electrons. The number of hydrogen-bond donors (Lipinski definition) is 1. The summed E-state index contributed by atoms with van der Waals surface area (Å²) in [5.74, 6) is -0.233. The maximum atomic E-state index is 12.3. The molecule has 5 heteroatoms. The maximum Gasteiger partial charge on any atom is 0.255 e. The molecule has 3 rings (SSSR count). The molecule has 21 heavy (non-hydrogen) atoms. The number of anilines is 1. The van der Waals surface area contributed by atoms with Crippen molar-refractivity contribution in [2.75, 3.05) is 5.32 Å². The molecule has 0 aromatic heterocycles. The minimum Gasteiger partial charge on any atom is -0.372 e. The molecule has 0 aliphatic carbocycles. The van der Waals surface area contributed by atoms with Crippen molar-refractivity contribution in [1.29, 1.82) is 5.26 Å². The highest BCUT2D eigenvalue weighted by molar-refractivity contribution is 9.10. The lowest BCUT2D eigenvalue weighted by molar-refractivity contribution is 0.102. The van der Waals surface area contributed by atoms with Gasteiger partial charge in [0.2, 0.25) is 0 Å². The first-order valence-corrected chi connectivity index (χ1v) is 7.17. The molecule has 2 aromatic carbocycles. The van der Waals surface area contributed by atoms with Gasteiger partial charge in [0.05, 0.1) is 24.5 Å². The van der Waals surface area contributed by atoms with Gasteiger partial charge < -0.3 is 10.1 Å². The number of benzene rings is 2. The summed E-state index contributed by atoms with van der Waals surface area (Å²) in [5.41, 5.74) is 3.64. The number of hydrogen-bond acceptors (Lipinski definition) is 3. The summed E-state index contributed by atoms with van der Waals surface area (Å²) >= 11 is 3.30. The zero-order chi connectivity index (χ0) is 14.8. The number of nitrogens with zero attached hydrogens (tertiary/aromatic N) is 1. The van der Waals surface area contributed by atoms with Crippen LogP contribution in [0.3, 0.4) is 0 Å². The summed E-state index contributed by atoms with van der Waals surface area (Å²) in [5, 5.41) is 11.9. The predicted octanol–water partition coefficient (Wildman–Crippen LogP) is 3.60. The largest absolute Gasteiger partial charge is 0.372 e. The highest BCUT2D eigenvalue weighted by Gasteiger charge is 2.15. The monoisotopic (exact) mass is 342 g/mol. The van der Waals surface area contributed by atoms with Crippen molar-refractivity contribution in [3.05, 3.63) is 63.1 Å². The lowest BCUT2D eigenvalue weighted by Crippen LogP contribution is -2.13. The summed E-state index contributed by atoms with van der Waals surface area (Å²) in [6, 6.07) is 12.7. The van der Waals surface area contributed by atoms with Gasteiger partial charge in [-0.1, -0.05) is 22.0 Å². The first-order valence-electron chi connectivity index (χ1n) is 6.38. The van der Waals surface area contributed by atoms with Crippen LogP contribution < -0.4 is 5.32 Å². The molecule has 1 aliphatic rings. The number of carbonyl (C=O) groups excluding carboxylic acids is 1. The SMILES string of the molecule is N#Cc1cc(Br)ccc1NC(=O)c1ccc2c(c1)COC2. The van der Waals surface area contributed by atoms with Crippen molar-refractivity contribution >= 4 is 27.5 Å². The van der Waals surface area contributed by atoms with E-state index in [1.165, 1.54) is 0 Å². The number of nitrogens with one attached hydrogen (secondary N) is 1. The first-order chi connectivity index (χ1) is 10.2. The molecule has 0 atom stereocenters. The van der Waals surface area contributed by atoms with Crippen molar-refractivity contribution in [1.82, 2.24) is 0 Å². The second-order valence-electron chi connectivity index (χ2n) is 4.73. The van der Waals surface area contributed by atoms with Crippen LogP contribution in [0.4, 0.5) is 5.69 Å². The molecule has 0 fully saturated rings. The third-order valence-corrected chi connectivity index (χ3v) is 3.83. The van der Waals surface area contributed by atoms with E-state index in [1.807, 2.05) is 12.1 Å².